The van der Waals surface area contributed by atoms with Gasteiger partial charge >= 0.3 is 0 Å². The summed E-state index contributed by atoms with van der Waals surface area (Å²) in [6.45, 7) is 0.719. The summed E-state index contributed by atoms with van der Waals surface area (Å²) in [6, 6.07) is 8.18. The number of benzene rings is 1. The smallest absolute Gasteiger partial charge is 0.220 e. The average molecular weight is 279 g/mol. The maximum Gasteiger partial charge on any atom is 0.220 e. The predicted molar refractivity (Wildman–Crippen MR) is 77.5 cm³/mol. The number of nitrogens with one attached hydrogen (secondary N) is 2. The van der Waals surface area contributed by atoms with Crippen LogP contribution in [0.25, 0.3) is 22.4 Å². The largest absolute Gasteiger partial charge is 0.355 e. The fraction of sp³-hybridized carbons (Fsp3) is 0.200. The lowest BCUT2D eigenvalue weighted by Crippen LogP contribution is -2.13. The second kappa shape index (κ2) is 4.66. The maximum atomic E-state index is 11.3. The van der Waals surface area contributed by atoms with E-state index in [2.05, 4.69) is 37.4 Å². The van der Waals surface area contributed by atoms with Gasteiger partial charge in [0, 0.05) is 24.4 Å². The van der Waals surface area contributed by atoms with Gasteiger partial charge in [0.2, 0.25) is 5.91 Å². The Morgan fingerprint density at radius 2 is 1.95 bits per heavy atom. The first kappa shape index (κ1) is 12.0. The summed E-state index contributed by atoms with van der Waals surface area (Å²) in [5.74, 6) is 0.392. The molecule has 1 amide bonds. The van der Waals surface area contributed by atoms with Crippen LogP contribution in [0.2, 0.25) is 0 Å². The maximum absolute atomic E-state index is 11.3. The van der Waals surface area contributed by atoms with Crippen molar-refractivity contribution in [3.8, 4) is 11.3 Å². The zero-order valence-electron chi connectivity index (χ0n) is 11.2. The molecule has 1 aliphatic heterocycles. The summed E-state index contributed by atoms with van der Waals surface area (Å²) >= 11 is 0. The molecule has 1 aliphatic rings. The highest BCUT2D eigenvalue weighted by Gasteiger charge is 2.22. The molecule has 0 saturated carbocycles. The first-order valence-corrected chi connectivity index (χ1v) is 6.82. The Labute approximate surface area is 120 Å². The van der Waals surface area contributed by atoms with Gasteiger partial charge in [-0.05, 0) is 5.56 Å². The van der Waals surface area contributed by atoms with E-state index in [1.54, 1.807) is 6.33 Å². The molecule has 2 aromatic heterocycles. The molecule has 104 valence electrons. The number of fused-ring (bicyclic) bond motifs is 1. The summed E-state index contributed by atoms with van der Waals surface area (Å²) in [6.07, 6.45) is 3.71. The van der Waals surface area contributed by atoms with Crippen molar-refractivity contribution < 1.29 is 4.79 Å². The van der Waals surface area contributed by atoms with Gasteiger partial charge in [0.05, 0.1) is 12.0 Å². The van der Waals surface area contributed by atoms with E-state index in [9.17, 15) is 4.79 Å². The van der Waals surface area contributed by atoms with Gasteiger partial charge in [-0.25, -0.2) is 15.0 Å². The third-order valence-corrected chi connectivity index (χ3v) is 3.86. The monoisotopic (exact) mass is 279 g/mol. The van der Waals surface area contributed by atoms with Crippen molar-refractivity contribution in [2.75, 3.05) is 6.54 Å². The van der Waals surface area contributed by atoms with Crippen molar-refractivity contribution in [2.24, 2.45) is 0 Å². The number of amides is 1. The third-order valence-electron chi connectivity index (χ3n) is 3.86. The number of aromatic nitrogens is 4. The topological polar surface area (TPSA) is 83.6 Å². The Kier molecular flexibility index (Phi) is 2.67. The Morgan fingerprint density at radius 1 is 1.10 bits per heavy atom. The number of hydrogen-bond donors (Lipinski definition) is 2. The molecule has 2 N–H and O–H groups in total. The number of aromatic amines is 1. The number of hydrogen-bond acceptors (Lipinski definition) is 4. The number of H-pyrrole nitrogens is 1. The molecule has 0 aliphatic carbocycles. The van der Waals surface area contributed by atoms with Gasteiger partial charge in [-0.2, -0.15) is 0 Å². The minimum absolute atomic E-state index is 0.124. The van der Waals surface area contributed by atoms with Crippen molar-refractivity contribution in [2.45, 2.75) is 12.3 Å². The van der Waals surface area contributed by atoms with E-state index < -0.39 is 0 Å². The van der Waals surface area contributed by atoms with Gasteiger partial charge in [0.1, 0.15) is 11.8 Å². The molecular formula is C15H13N5O. The third kappa shape index (κ3) is 2.05. The van der Waals surface area contributed by atoms with Gasteiger partial charge in [0.25, 0.3) is 0 Å². The molecule has 1 atom stereocenters. The number of rotatable bonds is 2. The lowest BCUT2D eigenvalue weighted by Gasteiger charge is -2.08. The molecule has 6 heteroatoms. The Balaban J connectivity index is 1.70. The Hall–Kier alpha value is -2.76. The van der Waals surface area contributed by atoms with Crippen LogP contribution in [0.15, 0.2) is 36.9 Å². The minimum atomic E-state index is 0.124. The number of nitrogens with zero attached hydrogens (tertiary/aromatic N) is 3. The minimum Gasteiger partial charge on any atom is -0.355 e. The highest BCUT2D eigenvalue weighted by molar-refractivity contribution is 5.86. The van der Waals surface area contributed by atoms with E-state index in [0.29, 0.717) is 12.1 Å². The van der Waals surface area contributed by atoms with Crippen LogP contribution in [-0.4, -0.2) is 32.4 Å². The van der Waals surface area contributed by atoms with Crippen molar-refractivity contribution in [1.82, 2.24) is 25.3 Å². The van der Waals surface area contributed by atoms with Gasteiger partial charge in [-0.15, -0.1) is 0 Å². The van der Waals surface area contributed by atoms with Crippen LogP contribution in [-0.2, 0) is 4.79 Å². The first-order valence-electron chi connectivity index (χ1n) is 6.82. The first-order chi connectivity index (χ1) is 10.3. The molecular weight excluding hydrogens is 266 g/mol. The molecule has 21 heavy (non-hydrogen) atoms. The summed E-state index contributed by atoms with van der Waals surface area (Å²) in [5.41, 5.74) is 4.52. The normalized spacial score (nSPS) is 18.1. The highest BCUT2D eigenvalue weighted by atomic mass is 16.1. The highest BCUT2D eigenvalue weighted by Crippen LogP contribution is 2.27. The second-order valence-electron chi connectivity index (χ2n) is 5.15. The zero-order chi connectivity index (χ0) is 14.2. The standard InChI is InChI=1S/C15H13N5O/c21-12-5-11(6-16-12)9-1-3-10(4-2-9)13-14-15(19-7-17-13)20-8-18-14/h1-4,7-8,11H,5-6H2,(H,16,21)(H,17,18,19,20). The Morgan fingerprint density at radius 3 is 2.71 bits per heavy atom. The summed E-state index contributed by atoms with van der Waals surface area (Å²) in [7, 11) is 0. The van der Waals surface area contributed by atoms with Crippen LogP contribution in [0.4, 0.5) is 0 Å². The second-order valence-corrected chi connectivity index (χ2v) is 5.15. The van der Waals surface area contributed by atoms with Gasteiger partial charge in [-0.1, -0.05) is 24.3 Å². The molecule has 1 saturated heterocycles. The molecule has 0 radical (unpaired) electrons. The molecule has 1 aromatic carbocycles. The van der Waals surface area contributed by atoms with Gasteiger partial charge in [0.15, 0.2) is 5.65 Å². The van der Waals surface area contributed by atoms with Crippen LogP contribution in [0, 0.1) is 0 Å². The Bertz CT molecular complexity index is 808. The van der Waals surface area contributed by atoms with Crippen molar-refractivity contribution >= 4 is 17.1 Å². The molecule has 1 fully saturated rings. The van der Waals surface area contributed by atoms with Crippen molar-refractivity contribution in [3.05, 3.63) is 42.5 Å². The average Bonchev–Trinajstić information content (AvgIpc) is 3.15. The summed E-state index contributed by atoms with van der Waals surface area (Å²) in [5, 5.41) is 2.86. The van der Waals surface area contributed by atoms with E-state index >= 15 is 0 Å². The number of imidazole rings is 1. The number of carbonyl (C=O) groups is 1. The molecule has 1 unspecified atom stereocenters. The van der Waals surface area contributed by atoms with E-state index in [4.69, 9.17) is 0 Å². The van der Waals surface area contributed by atoms with Gasteiger partial charge < -0.3 is 10.3 Å². The van der Waals surface area contributed by atoms with Crippen LogP contribution in [0.1, 0.15) is 17.9 Å². The fourth-order valence-corrected chi connectivity index (χ4v) is 2.74. The predicted octanol–water partition coefficient (Wildman–Crippen LogP) is 1.62. The quantitative estimate of drug-likeness (QED) is 0.746. The van der Waals surface area contributed by atoms with E-state index in [1.165, 1.54) is 11.9 Å². The van der Waals surface area contributed by atoms with Crippen molar-refractivity contribution in [3.63, 3.8) is 0 Å². The molecule has 3 aromatic rings. The number of carbonyl (C=O) groups excluding carboxylic acids is 1. The molecule has 6 nitrogen and oxygen atoms in total. The lowest BCUT2D eigenvalue weighted by molar-refractivity contribution is -0.119. The van der Waals surface area contributed by atoms with Crippen LogP contribution in [0.5, 0.6) is 0 Å². The van der Waals surface area contributed by atoms with Crippen molar-refractivity contribution in [1.29, 1.82) is 0 Å². The van der Waals surface area contributed by atoms with E-state index in [0.717, 1.165) is 23.3 Å². The summed E-state index contributed by atoms with van der Waals surface area (Å²) < 4.78 is 0. The van der Waals surface area contributed by atoms with Gasteiger partial charge in [-0.3, -0.25) is 4.79 Å². The summed E-state index contributed by atoms with van der Waals surface area (Å²) in [4.78, 5) is 27.0. The molecule has 0 spiro atoms. The van der Waals surface area contributed by atoms with Crippen LogP contribution in [0.3, 0.4) is 0 Å². The fourth-order valence-electron chi connectivity index (χ4n) is 2.74. The molecule has 0 bridgehead atoms. The van der Waals surface area contributed by atoms with Crippen LogP contribution >= 0.6 is 0 Å². The SMILES string of the molecule is O=C1CC(c2ccc(-c3ncnc4nc[nH]c34)cc2)CN1. The van der Waals surface area contributed by atoms with E-state index in [-0.39, 0.29) is 11.8 Å². The molecule has 4 rings (SSSR count). The molecule has 3 heterocycles. The lowest BCUT2D eigenvalue weighted by atomic mass is 9.96. The zero-order valence-corrected chi connectivity index (χ0v) is 11.2. The van der Waals surface area contributed by atoms with Crippen LogP contribution < -0.4 is 5.32 Å². The van der Waals surface area contributed by atoms with E-state index in [1.807, 2.05) is 12.1 Å².